The Balaban J connectivity index is 1.41. The van der Waals surface area contributed by atoms with Gasteiger partial charge in [-0.25, -0.2) is 0 Å². The zero-order valence-corrected chi connectivity index (χ0v) is 17.8. The van der Waals surface area contributed by atoms with Crippen LogP contribution >= 0.6 is 27.5 Å². The molecule has 146 valence electrons. The minimum absolute atomic E-state index is 0.0387. The topological polar surface area (TPSA) is 49.4 Å². The van der Waals surface area contributed by atoms with Gasteiger partial charge in [-0.05, 0) is 67.6 Å². The number of carbonyl (C=O) groups excluding carboxylic acids is 2. The maximum atomic E-state index is 13.0. The van der Waals surface area contributed by atoms with Crippen molar-refractivity contribution in [2.75, 3.05) is 13.1 Å². The van der Waals surface area contributed by atoms with Gasteiger partial charge in [-0.15, -0.1) is 0 Å². The van der Waals surface area contributed by atoms with Crippen molar-refractivity contribution in [1.82, 2.24) is 10.2 Å². The van der Waals surface area contributed by atoms with E-state index in [1.165, 1.54) is 0 Å². The average molecular weight is 462 g/mol. The van der Waals surface area contributed by atoms with Gasteiger partial charge in [-0.1, -0.05) is 39.7 Å². The fraction of sp³-hybridized carbons (Fsp3) is 0.364. The number of hydrogen-bond acceptors (Lipinski definition) is 2. The van der Waals surface area contributed by atoms with E-state index >= 15 is 0 Å². The van der Waals surface area contributed by atoms with Gasteiger partial charge in [0, 0.05) is 28.1 Å². The lowest BCUT2D eigenvalue weighted by Crippen LogP contribution is -2.47. The van der Waals surface area contributed by atoms with E-state index in [1.54, 1.807) is 29.2 Å². The molecule has 1 N–H and O–H groups in total. The van der Waals surface area contributed by atoms with Crippen molar-refractivity contribution in [3.8, 4) is 0 Å². The molecule has 1 heterocycles. The van der Waals surface area contributed by atoms with Crippen molar-refractivity contribution < 1.29 is 9.59 Å². The second-order valence-corrected chi connectivity index (χ2v) is 9.03. The van der Waals surface area contributed by atoms with Crippen LogP contribution in [0, 0.1) is 5.92 Å². The smallest absolute Gasteiger partial charge is 0.253 e. The molecule has 2 amide bonds. The molecule has 1 aliphatic heterocycles. The zero-order valence-electron chi connectivity index (χ0n) is 15.5. The maximum absolute atomic E-state index is 13.0. The lowest BCUT2D eigenvalue weighted by atomic mass is 9.95. The molecule has 2 aliphatic rings. The third-order valence-corrected chi connectivity index (χ3v) is 6.46. The monoisotopic (exact) mass is 460 g/mol. The Morgan fingerprint density at radius 1 is 1.07 bits per heavy atom. The Hall–Kier alpha value is -1.85. The molecule has 2 aromatic rings. The first kappa shape index (κ1) is 19.5. The van der Waals surface area contributed by atoms with E-state index in [9.17, 15) is 9.59 Å². The number of amides is 2. The van der Waals surface area contributed by atoms with E-state index in [1.807, 2.05) is 12.1 Å². The molecule has 6 heteroatoms. The first-order valence-electron chi connectivity index (χ1n) is 9.60. The van der Waals surface area contributed by atoms with Crippen molar-refractivity contribution in [1.29, 1.82) is 0 Å². The summed E-state index contributed by atoms with van der Waals surface area (Å²) in [6, 6.07) is 15.1. The summed E-state index contributed by atoms with van der Waals surface area (Å²) in [7, 11) is 0. The standard InChI is InChI=1S/C22H22BrClN2O2/c23-18-7-5-17(6-8-18)22(11-12-22)25-20(27)16-2-1-13-26(14-16)21(28)15-3-9-19(24)10-4-15/h3-10,16H,1-2,11-14H2,(H,25,27). The quantitative estimate of drug-likeness (QED) is 0.714. The molecule has 4 rings (SSSR count). The second-order valence-electron chi connectivity index (χ2n) is 7.68. The first-order valence-corrected chi connectivity index (χ1v) is 10.8. The lowest BCUT2D eigenvalue weighted by molar-refractivity contribution is -0.127. The predicted octanol–water partition coefficient (Wildman–Crippen LogP) is 4.76. The van der Waals surface area contributed by atoms with Crippen LogP contribution in [-0.2, 0) is 10.3 Å². The summed E-state index contributed by atoms with van der Waals surface area (Å²) in [6.45, 7) is 1.15. The summed E-state index contributed by atoms with van der Waals surface area (Å²) in [6.07, 6.45) is 3.57. The average Bonchev–Trinajstić information content (AvgIpc) is 3.49. The SMILES string of the molecule is O=C(NC1(c2ccc(Br)cc2)CC1)C1CCCN(C(=O)c2ccc(Cl)cc2)C1. The fourth-order valence-corrected chi connectivity index (χ4v) is 4.26. The maximum Gasteiger partial charge on any atom is 0.253 e. The molecule has 0 radical (unpaired) electrons. The van der Waals surface area contributed by atoms with Gasteiger partial charge in [0.15, 0.2) is 0 Å². The Bertz CT molecular complexity index is 878. The van der Waals surface area contributed by atoms with E-state index in [-0.39, 0.29) is 23.3 Å². The minimum atomic E-state index is -0.236. The highest BCUT2D eigenvalue weighted by Gasteiger charge is 2.46. The third-order valence-electron chi connectivity index (χ3n) is 5.68. The van der Waals surface area contributed by atoms with E-state index in [2.05, 4.69) is 33.4 Å². The number of piperidine rings is 1. The molecule has 1 saturated heterocycles. The summed E-state index contributed by atoms with van der Waals surface area (Å²) in [5.41, 5.74) is 1.52. The molecule has 4 nitrogen and oxygen atoms in total. The highest BCUT2D eigenvalue weighted by Crippen LogP contribution is 2.46. The predicted molar refractivity (Wildman–Crippen MR) is 113 cm³/mol. The van der Waals surface area contributed by atoms with Gasteiger partial charge in [0.25, 0.3) is 5.91 Å². The van der Waals surface area contributed by atoms with Gasteiger partial charge >= 0.3 is 0 Å². The van der Waals surface area contributed by atoms with Crippen LogP contribution < -0.4 is 5.32 Å². The molecule has 1 atom stereocenters. The number of carbonyl (C=O) groups is 2. The van der Waals surface area contributed by atoms with Crippen LogP contribution in [0.4, 0.5) is 0 Å². The summed E-state index contributed by atoms with van der Waals surface area (Å²) >= 11 is 9.37. The van der Waals surface area contributed by atoms with Crippen LogP contribution in [-0.4, -0.2) is 29.8 Å². The van der Waals surface area contributed by atoms with Crippen LogP contribution in [0.3, 0.4) is 0 Å². The Morgan fingerprint density at radius 3 is 2.39 bits per heavy atom. The number of hydrogen-bond donors (Lipinski definition) is 1. The molecule has 28 heavy (non-hydrogen) atoms. The molecule has 0 aromatic heterocycles. The van der Waals surface area contributed by atoms with Crippen molar-refractivity contribution in [3.05, 3.63) is 69.2 Å². The molecule has 0 spiro atoms. The molecule has 2 aromatic carbocycles. The highest BCUT2D eigenvalue weighted by molar-refractivity contribution is 9.10. The number of nitrogens with one attached hydrogen (secondary N) is 1. The van der Waals surface area contributed by atoms with Crippen molar-refractivity contribution in [3.63, 3.8) is 0 Å². The van der Waals surface area contributed by atoms with Crippen LogP contribution in [0.25, 0.3) is 0 Å². The molecule has 2 fully saturated rings. The Morgan fingerprint density at radius 2 is 1.75 bits per heavy atom. The van der Waals surface area contributed by atoms with Gasteiger partial charge in [-0.3, -0.25) is 9.59 Å². The second kappa shape index (κ2) is 7.88. The zero-order chi connectivity index (χ0) is 19.7. The Labute approximate surface area is 178 Å². The molecular formula is C22H22BrClN2O2. The van der Waals surface area contributed by atoms with Crippen LogP contribution in [0.5, 0.6) is 0 Å². The number of rotatable bonds is 4. The molecule has 0 bridgehead atoms. The van der Waals surface area contributed by atoms with Gasteiger partial charge in [-0.2, -0.15) is 0 Å². The van der Waals surface area contributed by atoms with Crippen LogP contribution in [0.15, 0.2) is 53.0 Å². The van der Waals surface area contributed by atoms with Crippen molar-refractivity contribution in [2.45, 2.75) is 31.2 Å². The van der Waals surface area contributed by atoms with E-state index in [0.29, 0.717) is 23.7 Å². The summed E-state index contributed by atoms with van der Waals surface area (Å²) in [5, 5.41) is 3.88. The van der Waals surface area contributed by atoms with Crippen LogP contribution in [0.1, 0.15) is 41.6 Å². The largest absolute Gasteiger partial charge is 0.346 e. The number of halogens is 2. The third kappa shape index (κ3) is 4.11. The molecular weight excluding hydrogens is 440 g/mol. The summed E-state index contributed by atoms with van der Waals surface area (Å²) < 4.78 is 1.03. The summed E-state index contributed by atoms with van der Waals surface area (Å²) in [4.78, 5) is 27.5. The highest BCUT2D eigenvalue weighted by atomic mass is 79.9. The number of nitrogens with zero attached hydrogens (tertiary/aromatic N) is 1. The van der Waals surface area contributed by atoms with Crippen molar-refractivity contribution in [2.24, 2.45) is 5.92 Å². The van der Waals surface area contributed by atoms with E-state index in [4.69, 9.17) is 11.6 Å². The normalized spacial score (nSPS) is 20.5. The minimum Gasteiger partial charge on any atom is -0.346 e. The molecule has 1 aliphatic carbocycles. The van der Waals surface area contributed by atoms with Crippen molar-refractivity contribution >= 4 is 39.3 Å². The van der Waals surface area contributed by atoms with Crippen LogP contribution in [0.2, 0.25) is 5.02 Å². The fourth-order valence-electron chi connectivity index (χ4n) is 3.87. The molecule has 1 unspecified atom stereocenters. The number of likely N-dealkylation sites (tertiary alicyclic amines) is 1. The van der Waals surface area contributed by atoms with Gasteiger partial charge in [0.2, 0.25) is 5.91 Å². The van der Waals surface area contributed by atoms with Gasteiger partial charge in [0.1, 0.15) is 0 Å². The summed E-state index contributed by atoms with van der Waals surface area (Å²) in [5.74, 6) is -0.157. The lowest BCUT2D eigenvalue weighted by Gasteiger charge is -2.33. The van der Waals surface area contributed by atoms with Gasteiger partial charge in [0.05, 0.1) is 11.5 Å². The van der Waals surface area contributed by atoms with E-state index < -0.39 is 0 Å². The van der Waals surface area contributed by atoms with E-state index in [0.717, 1.165) is 35.7 Å². The number of benzene rings is 2. The Kier molecular flexibility index (Phi) is 5.48. The first-order chi connectivity index (χ1) is 13.5. The van der Waals surface area contributed by atoms with Gasteiger partial charge < -0.3 is 10.2 Å². The molecule has 1 saturated carbocycles.